The van der Waals surface area contributed by atoms with E-state index in [1.807, 2.05) is 0 Å². The van der Waals surface area contributed by atoms with Crippen LogP contribution in [0.4, 0.5) is 5.69 Å². The van der Waals surface area contributed by atoms with Gasteiger partial charge < -0.3 is 9.84 Å². The molecule has 11 heteroatoms. The molecule has 0 bridgehead atoms. The number of hydrogen-bond donors (Lipinski definition) is 2. The van der Waals surface area contributed by atoms with Crippen LogP contribution in [0.5, 0.6) is 11.5 Å². The minimum absolute atomic E-state index is 0.00643. The zero-order valence-corrected chi connectivity index (χ0v) is 18.5. The van der Waals surface area contributed by atoms with Crippen molar-refractivity contribution in [2.75, 3.05) is 6.61 Å². The lowest BCUT2D eigenvalue weighted by molar-refractivity contribution is -0.385. The molecular formula is C16H12Br3N3O5. The monoisotopic (exact) mass is 563 g/mol. The van der Waals surface area contributed by atoms with Gasteiger partial charge in [0.1, 0.15) is 5.75 Å². The number of rotatable bonds is 6. The molecule has 0 atom stereocenters. The number of carbonyl (C=O) groups is 1. The van der Waals surface area contributed by atoms with Crippen molar-refractivity contribution >= 4 is 65.6 Å². The Morgan fingerprint density at radius 1 is 1.33 bits per heavy atom. The van der Waals surface area contributed by atoms with E-state index in [-0.39, 0.29) is 17.2 Å². The standard InChI is InChI=1S/C16H12Br3N3O5/c1-8-2-3-13(12(4-8)22(25)26)27-7-14(23)21-20-6-9-10(17)5-11(18)16(24)15(9)19/h2-6,24H,7H2,1H3,(H,21,23). The highest BCUT2D eigenvalue weighted by Crippen LogP contribution is 2.38. The Hall–Kier alpha value is -1.98. The predicted octanol–water partition coefficient (Wildman–Crippen LogP) is 4.43. The average molecular weight is 566 g/mol. The highest BCUT2D eigenvalue weighted by molar-refractivity contribution is 9.11. The molecule has 2 rings (SSSR count). The van der Waals surface area contributed by atoms with Crippen LogP contribution in [0.1, 0.15) is 11.1 Å². The maximum Gasteiger partial charge on any atom is 0.311 e. The summed E-state index contributed by atoms with van der Waals surface area (Å²) in [5, 5.41) is 24.7. The topological polar surface area (TPSA) is 114 Å². The first kappa shape index (κ1) is 21.3. The molecule has 0 radical (unpaired) electrons. The second kappa shape index (κ2) is 9.29. The zero-order valence-electron chi connectivity index (χ0n) is 13.7. The SMILES string of the molecule is Cc1ccc(OCC(=O)NN=Cc2c(Br)cc(Br)c(O)c2Br)c([N+](=O)[O-])c1. The second-order valence-corrected chi connectivity index (χ2v) is 7.73. The molecule has 0 aliphatic carbocycles. The van der Waals surface area contributed by atoms with Gasteiger partial charge in [-0.1, -0.05) is 22.0 Å². The molecule has 2 aromatic rings. The molecule has 2 aromatic carbocycles. The van der Waals surface area contributed by atoms with Crippen molar-refractivity contribution < 1.29 is 19.6 Å². The molecule has 0 saturated heterocycles. The number of aromatic hydroxyl groups is 1. The summed E-state index contributed by atoms with van der Waals surface area (Å²) in [7, 11) is 0. The summed E-state index contributed by atoms with van der Waals surface area (Å²) in [6.45, 7) is 1.27. The van der Waals surface area contributed by atoms with Crippen LogP contribution < -0.4 is 10.2 Å². The first-order valence-corrected chi connectivity index (χ1v) is 9.64. The lowest BCUT2D eigenvalue weighted by Gasteiger charge is -2.07. The van der Waals surface area contributed by atoms with Crippen LogP contribution in [0.15, 0.2) is 42.8 Å². The zero-order chi connectivity index (χ0) is 20.1. The largest absolute Gasteiger partial charge is 0.506 e. The number of nitrogens with one attached hydrogen (secondary N) is 1. The molecule has 0 unspecified atom stereocenters. The number of benzene rings is 2. The number of ether oxygens (including phenoxy) is 1. The molecule has 142 valence electrons. The Balaban J connectivity index is 2.01. The van der Waals surface area contributed by atoms with E-state index in [0.717, 1.165) is 0 Å². The van der Waals surface area contributed by atoms with Crippen molar-refractivity contribution in [3.05, 3.63) is 58.9 Å². The number of hydrazone groups is 1. The lowest BCUT2D eigenvalue weighted by Crippen LogP contribution is -2.24. The Kier molecular flexibility index (Phi) is 7.33. The predicted molar refractivity (Wildman–Crippen MR) is 110 cm³/mol. The molecule has 8 nitrogen and oxygen atoms in total. The average Bonchev–Trinajstić information content (AvgIpc) is 2.61. The van der Waals surface area contributed by atoms with Crippen molar-refractivity contribution in [2.45, 2.75) is 6.92 Å². The van der Waals surface area contributed by atoms with Gasteiger partial charge >= 0.3 is 5.69 Å². The van der Waals surface area contributed by atoms with Crippen LogP contribution in [-0.4, -0.2) is 28.8 Å². The summed E-state index contributed by atoms with van der Waals surface area (Å²) >= 11 is 9.76. The van der Waals surface area contributed by atoms with E-state index in [1.165, 1.54) is 18.3 Å². The van der Waals surface area contributed by atoms with Crippen molar-refractivity contribution in [1.82, 2.24) is 5.43 Å². The fourth-order valence-electron chi connectivity index (χ4n) is 1.95. The van der Waals surface area contributed by atoms with Gasteiger partial charge in [-0.25, -0.2) is 5.43 Å². The van der Waals surface area contributed by atoms with Gasteiger partial charge in [-0.2, -0.15) is 5.10 Å². The third-order valence-electron chi connectivity index (χ3n) is 3.23. The second-order valence-electron chi connectivity index (χ2n) is 5.23. The highest BCUT2D eigenvalue weighted by Gasteiger charge is 2.16. The summed E-state index contributed by atoms with van der Waals surface area (Å²) in [4.78, 5) is 22.3. The minimum Gasteiger partial charge on any atom is -0.506 e. The number of nitrogens with zero attached hydrogens (tertiary/aromatic N) is 2. The summed E-state index contributed by atoms with van der Waals surface area (Å²) in [6.07, 6.45) is 1.33. The van der Waals surface area contributed by atoms with E-state index < -0.39 is 17.4 Å². The fourth-order valence-corrected chi connectivity index (χ4v) is 4.28. The Labute approximate surface area is 179 Å². The number of hydrogen-bond acceptors (Lipinski definition) is 6. The van der Waals surface area contributed by atoms with Gasteiger partial charge in [0.25, 0.3) is 5.91 Å². The van der Waals surface area contributed by atoms with Crippen molar-refractivity contribution in [2.24, 2.45) is 5.10 Å². The number of amides is 1. The number of carbonyl (C=O) groups excluding carboxylic acids is 1. The normalized spacial score (nSPS) is 10.8. The third kappa shape index (κ3) is 5.50. The number of aryl methyl sites for hydroxylation is 1. The first-order chi connectivity index (χ1) is 12.7. The van der Waals surface area contributed by atoms with Crippen molar-refractivity contribution in [1.29, 1.82) is 0 Å². The lowest BCUT2D eigenvalue weighted by atomic mass is 10.2. The van der Waals surface area contributed by atoms with Crippen LogP contribution in [-0.2, 0) is 4.79 Å². The van der Waals surface area contributed by atoms with Gasteiger partial charge in [0.2, 0.25) is 0 Å². The molecule has 0 fully saturated rings. The molecule has 0 heterocycles. The highest BCUT2D eigenvalue weighted by atomic mass is 79.9. The van der Waals surface area contributed by atoms with Crippen LogP contribution in [0.3, 0.4) is 0 Å². The molecule has 0 saturated carbocycles. The Morgan fingerprint density at radius 3 is 2.70 bits per heavy atom. The van der Waals surface area contributed by atoms with E-state index in [2.05, 4.69) is 58.3 Å². The first-order valence-electron chi connectivity index (χ1n) is 7.27. The molecular weight excluding hydrogens is 554 g/mol. The maximum atomic E-state index is 11.8. The van der Waals surface area contributed by atoms with Gasteiger partial charge in [0.15, 0.2) is 12.4 Å². The molecule has 0 aromatic heterocycles. The number of phenolic OH excluding ortho intramolecular Hbond substituents is 1. The fraction of sp³-hybridized carbons (Fsp3) is 0.125. The molecule has 1 amide bonds. The molecule has 0 aliphatic heterocycles. The summed E-state index contributed by atoms with van der Waals surface area (Å²) in [6, 6.07) is 6.07. The van der Waals surface area contributed by atoms with Crippen LogP contribution in [0.2, 0.25) is 0 Å². The van der Waals surface area contributed by atoms with E-state index in [0.29, 0.717) is 24.5 Å². The van der Waals surface area contributed by atoms with Gasteiger partial charge in [-0.3, -0.25) is 14.9 Å². The maximum absolute atomic E-state index is 11.8. The Bertz CT molecular complexity index is 934. The number of nitro benzene ring substituents is 1. The summed E-state index contributed by atoms with van der Waals surface area (Å²) in [5.74, 6) is -0.622. The van der Waals surface area contributed by atoms with Crippen LogP contribution in [0, 0.1) is 17.0 Å². The summed E-state index contributed by atoms with van der Waals surface area (Å²) < 4.78 is 6.70. The quantitative estimate of drug-likeness (QED) is 0.306. The Morgan fingerprint density at radius 2 is 2.04 bits per heavy atom. The molecule has 27 heavy (non-hydrogen) atoms. The van der Waals surface area contributed by atoms with Gasteiger partial charge in [-0.15, -0.1) is 0 Å². The van der Waals surface area contributed by atoms with Crippen LogP contribution in [0.25, 0.3) is 0 Å². The smallest absolute Gasteiger partial charge is 0.311 e. The third-order valence-corrected chi connectivity index (χ3v) is 5.30. The minimum atomic E-state index is -0.602. The number of nitro groups is 1. The molecule has 2 N–H and O–H groups in total. The number of phenols is 1. The van der Waals surface area contributed by atoms with Gasteiger partial charge in [-0.05, 0) is 56.5 Å². The molecule has 0 spiro atoms. The van der Waals surface area contributed by atoms with E-state index >= 15 is 0 Å². The van der Waals surface area contributed by atoms with Crippen molar-refractivity contribution in [3.8, 4) is 11.5 Å². The van der Waals surface area contributed by atoms with Gasteiger partial charge in [0, 0.05) is 16.1 Å². The summed E-state index contributed by atoms with van der Waals surface area (Å²) in [5.41, 5.74) is 3.24. The van der Waals surface area contributed by atoms with E-state index in [9.17, 15) is 20.0 Å². The van der Waals surface area contributed by atoms with E-state index in [1.54, 1.807) is 19.1 Å². The van der Waals surface area contributed by atoms with Crippen LogP contribution >= 0.6 is 47.8 Å². The molecule has 0 aliphatic rings. The van der Waals surface area contributed by atoms with E-state index in [4.69, 9.17) is 4.74 Å². The van der Waals surface area contributed by atoms with Gasteiger partial charge in [0.05, 0.1) is 20.1 Å². The van der Waals surface area contributed by atoms with Crippen molar-refractivity contribution in [3.63, 3.8) is 0 Å². The number of halogens is 3.